The standard InChI is InChI=1S/C9H14O/c1-2-5-9(10)8-6-3-4-7-8/h5,8-10H,1,3-4,6-7H2. The average Bonchev–Trinajstić information content (AvgIpc) is 2.38. The van der Waals surface area contributed by atoms with Crippen LogP contribution >= 0.6 is 0 Å². The van der Waals surface area contributed by atoms with Gasteiger partial charge in [0.05, 0.1) is 6.10 Å². The molecule has 0 saturated heterocycles. The highest BCUT2D eigenvalue weighted by Crippen LogP contribution is 2.27. The Morgan fingerprint density at radius 3 is 2.60 bits per heavy atom. The lowest BCUT2D eigenvalue weighted by molar-refractivity contribution is 0.156. The van der Waals surface area contributed by atoms with Gasteiger partial charge in [0.25, 0.3) is 0 Å². The van der Waals surface area contributed by atoms with Crippen molar-refractivity contribution < 1.29 is 5.11 Å². The highest BCUT2D eigenvalue weighted by Gasteiger charge is 2.20. The molecule has 1 nitrogen and oxygen atoms in total. The molecule has 0 aromatic heterocycles. The molecule has 1 N–H and O–H groups in total. The molecule has 1 unspecified atom stereocenters. The minimum absolute atomic E-state index is 0.292. The molecule has 1 atom stereocenters. The molecule has 1 aliphatic carbocycles. The van der Waals surface area contributed by atoms with Gasteiger partial charge in [-0.3, -0.25) is 0 Å². The Bertz CT molecular complexity index is 139. The first-order valence-electron chi connectivity index (χ1n) is 3.88. The minimum Gasteiger partial charge on any atom is -0.388 e. The van der Waals surface area contributed by atoms with Gasteiger partial charge in [0.1, 0.15) is 0 Å². The van der Waals surface area contributed by atoms with Crippen LogP contribution in [-0.2, 0) is 0 Å². The summed E-state index contributed by atoms with van der Waals surface area (Å²) in [6.45, 7) is 3.43. The molecule has 0 aromatic rings. The third-order valence-electron chi connectivity index (χ3n) is 2.17. The molecule has 1 aliphatic rings. The van der Waals surface area contributed by atoms with Crippen molar-refractivity contribution in [1.29, 1.82) is 0 Å². The van der Waals surface area contributed by atoms with Gasteiger partial charge in [-0.05, 0) is 24.8 Å². The molecule has 0 aromatic carbocycles. The van der Waals surface area contributed by atoms with E-state index in [1.807, 2.05) is 0 Å². The number of aliphatic hydroxyl groups is 1. The number of rotatable bonds is 2. The van der Waals surface area contributed by atoms with Gasteiger partial charge in [-0.2, -0.15) is 0 Å². The molecule has 1 fully saturated rings. The fourth-order valence-electron chi connectivity index (χ4n) is 1.56. The SMILES string of the molecule is C=C=CC(O)C1CCCC1. The Hall–Kier alpha value is -0.520. The van der Waals surface area contributed by atoms with Gasteiger partial charge in [0.15, 0.2) is 0 Å². The normalized spacial score (nSPS) is 22.1. The summed E-state index contributed by atoms with van der Waals surface area (Å²) in [5.41, 5.74) is 2.62. The van der Waals surface area contributed by atoms with Crippen LogP contribution in [0.4, 0.5) is 0 Å². The minimum atomic E-state index is -0.292. The Morgan fingerprint density at radius 2 is 2.10 bits per heavy atom. The molecular weight excluding hydrogens is 124 g/mol. The topological polar surface area (TPSA) is 20.2 Å². The third kappa shape index (κ3) is 1.73. The maximum atomic E-state index is 9.39. The van der Waals surface area contributed by atoms with Gasteiger partial charge < -0.3 is 5.11 Å². The fourth-order valence-corrected chi connectivity index (χ4v) is 1.56. The number of aliphatic hydroxyl groups excluding tert-OH is 1. The van der Waals surface area contributed by atoms with E-state index < -0.39 is 0 Å². The van der Waals surface area contributed by atoms with E-state index in [-0.39, 0.29) is 6.10 Å². The summed E-state index contributed by atoms with van der Waals surface area (Å²) in [6, 6.07) is 0. The van der Waals surface area contributed by atoms with Crippen molar-refractivity contribution in [2.75, 3.05) is 0 Å². The van der Waals surface area contributed by atoms with E-state index >= 15 is 0 Å². The van der Waals surface area contributed by atoms with E-state index in [0.29, 0.717) is 5.92 Å². The van der Waals surface area contributed by atoms with E-state index in [9.17, 15) is 5.11 Å². The molecule has 10 heavy (non-hydrogen) atoms. The first-order chi connectivity index (χ1) is 4.84. The van der Waals surface area contributed by atoms with Crippen LogP contribution < -0.4 is 0 Å². The maximum absolute atomic E-state index is 9.39. The lowest BCUT2D eigenvalue weighted by Crippen LogP contribution is -2.13. The zero-order valence-corrected chi connectivity index (χ0v) is 6.21. The van der Waals surface area contributed by atoms with Crippen LogP contribution in [0.25, 0.3) is 0 Å². The van der Waals surface area contributed by atoms with Crippen LogP contribution in [0.1, 0.15) is 25.7 Å². The summed E-state index contributed by atoms with van der Waals surface area (Å²) < 4.78 is 0. The van der Waals surface area contributed by atoms with Gasteiger partial charge in [0.2, 0.25) is 0 Å². The lowest BCUT2D eigenvalue weighted by Gasteiger charge is -2.11. The van der Waals surface area contributed by atoms with Crippen molar-refractivity contribution in [2.45, 2.75) is 31.8 Å². The van der Waals surface area contributed by atoms with Crippen molar-refractivity contribution in [3.05, 3.63) is 18.4 Å². The van der Waals surface area contributed by atoms with Gasteiger partial charge >= 0.3 is 0 Å². The maximum Gasteiger partial charge on any atom is 0.0822 e. The van der Waals surface area contributed by atoms with Crippen molar-refractivity contribution in [3.63, 3.8) is 0 Å². The third-order valence-corrected chi connectivity index (χ3v) is 2.17. The predicted molar refractivity (Wildman–Crippen MR) is 41.7 cm³/mol. The van der Waals surface area contributed by atoms with Crippen LogP contribution in [0.15, 0.2) is 18.4 Å². The molecule has 1 saturated carbocycles. The molecule has 0 aliphatic heterocycles. The Morgan fingerprint density at radius 1 is 1.50 bits per heavy atom. The highest BCUT2D eigenvalue weighted by molar-refractivity contribution is 4.90. The summed E-state index contributed by atoms with van der Waals surface area (Å²) in [7, 11) is 0. The fraction of sp³-hybridized carbons (Fsp3) is 0.667. The second-order valence-electron chi connectivity index (χ2n) is 2.91. The van der Waals surface area contributed by atoms with Gasteiger partial charge in [-0.1, -0.05) is 19.4 Å². The molecule has 0 radical (unpaired) electrons. The zero-order chi connectivity index (χ0) is 7.40. The summed E-state index contributed by atoms with van der Waals surface area (Å²) in [5.74, 6) is 0.481. The summed E-state index contributed by atoms with van der Waals surface area (Å²) in [6.07, 6.45) is 6.24. The van der Waals surface area contributed by atoms with Gasteiger partial charge in [0, 0.05) is 0 Å². The quantitative estimate of drug-likeness (QED) is 0.578. The zero-order valence-electron chi connectivity index (χ0n) is 6.21. The van der Waals surface area contributed by atoms with E-state index in [4.69, 9.17) is 0 Å². The monoisotopic (exact) mass is 138 g/mol. The van der Waals surface area contributed by atoms with Crippen LogP contribution in [0, 0.1) is 5.92 Å². The largest absolute Gasteiger partial charge is 0.388 e. The highest BCUT2D eigenvalue weighted by atomic mass is 16.3. The molecule has 0 amide bonds. The van der Waals surface area contributed by atoms with E-state index in [1.54, 1.807) is 6.08 Å². The first kappa shape index (κ1) is 7.59. The number of hydrogen-bond donors (Lipinski definition) is 1. The predicted octanol–water partition coefficient (Wildman–Crippen LogP) is 1.88. The van der Waals surface area contributed by atoms with Crippen LogP contribution in [-0.4, -0.2) is 11.2 Å². The van der Waals surface area contributed by atoms with Crippen molar-refractivity contribution in [1.82, 2.24) is 0 Å². The molecule has 0 spiro atoms. The lowest BCUT2D eigenvalue weighted by atomic mass is 10.0. The van der Waals surface area contributed by atoms with E-state index in [2.05, 4.69) is 12.3 Å². The molecular formula is C9H14O. The van der Waals surface area contributed by atoms with Crippen LogP contribution in [0.3, 0.4) is 0 Å². The second-order valence-corrected chi connectivity index (χ2v) is 2.91. The van der Waals surface area contributed by atoms with Crippen LogP contribution in [0.2, 0.25) is 0 Å². The summed E-state index contributed by atoms with van der Waals surface area (Å²) >= 11 is 0. The van der Waals surface area contributed by atoms with Crippen molar-refractivity contribution in [3.8, 4) is 0 Å². The Balaban J connectivity index is 2.39. The number of hydrogen-bond acceptors (Lipinski definition) is 1. The summed E-state index contributed by atoms with van der Waals surface area (Å²) in [5, 5.41) is 9.39. The van der Waals surface area contributed by atoms with Crippen LogP contribution in [0.5, 0.6) is 0 Å². The second kappa shape index (κ2) is 3.60. The average molecular weight is 138 g/mol. The van der Waals surface area contributed by atoms with Crippen molar-refractivity contribution >= 4 is 0 Å². The molecule has 0 bridgehead atoms. The smallest absolute Gasteiger partial charge is 0.0822 e. The molecule has 1 rings (SSSR count). The van der Waals surface area contributed by atoms with E-state index in [0.717, 1.165) is 0 Å². The first-order valence-corrected chi connectivity index (χ1v) is 3.88. The molecule has 1 heteroatoms. The summed E-state index contributed by atoms with van der Waals surface area (Å²) in [4.78, 5) is 0. The van der Waals surface area contributed by atoms with Gasteiger partial charge in [-0.15, -0.1) is 5.73 Å². The van der Waals surface area contributed by atoms with E-state index in [1.165, 1.54) is 25.7 Å². The Kier molecular flexibility index (Phi) is 2.73. The molecule has 0 heterocycles. The Labute approximate surface area is 62.1 Å². The van der Waals surface area contributed by atoms with Crippen molar-refractivity contribution in [2.24, 2.45) is 5.92 Å². The van der Waals surface area contributed by atoms with Gasteiger partial charge in [-0.25, -0.2) is 0 Å². The molecule has 56 valence electrons.